The predicted octanol–water partition coefficient (Wildman–Crippen LogP) is 3.16. The number of para-hydroxylation sites is 1. The van der Waals surface area contributed by atoms with E-state index < -0.39 is 10.2 Å². The molecular formula is C16H22N2O3S. The molecule has 6 heteroatoms. The highest BCUT2D eigenvalue weighted by Crippen LogP contribution is 2.29. The van der Waals surface area contributed by atoms with E-state index in [0.717, 1.165) is 30.2 Å². The third kappa shape index (κ3) is 2.78. The Morgan fingerprint density at radius 1 is 1.18 bits per heavy atom. The van der Waals surface area contributed by atoms with E-state index in [9.17, 15) is 8.42 Å². The van der Waals surface area contributed by atoms with Crippen LogP contribution >= 0.6 is 0 Å². The summed E-state index contributed by atoms with van der Waals surface area (Å²) in [7, 11) is -1.81. The molecule has 0 saturated carbocycles. The SMILES string of the molecule is C[C@@H](c1cc2ccccc2o1)N(C)S(=O)(=O)N1CCCCC1. The Morgan fingerprint density at radius 3 is 2.55 bits per heavy atom. The van der Waals surface area contributed by atoms with Gasteiger partial charge in [-0.15, -0.1) is 0 Å². The Balaban J connectivity index is 1.85. The topological polar surface area (TPSA) is 53.8 Å². The lowest BCUT2D eigenvalue weighted by molar-refractivity contribution is 0.284. The van der Waals surface area contributed by atoms with E-state index in [0.29, 0.717) is 18.8 Å². The van der Waals surface area contributed by atoms with E-state index in [2.05, 4.69) is 0 Å². The van der Waals surface area contributed by atoms with Gasteiger partial charge in [0.25, 0.3) is 10.2 Å². The molecule has 0 radical (unpaired) electrons. The zero-order valence-corrected chi connectivity index (χ0v) is 13.8. The molecule has 3 rings (SSSR count). The number of benzene rings is 1. The molecule has 1 saturated heterocycles. The van der Waals surface area contributed by atoms with Gasteiger partial charge < -0.3 is 4.42 Å². The zero-order chi connectivity index (χ0) is 15.7. The van der Waals surface area contributed by atoms with Crippen molar-refractivity contribution in [1.29, 1.82) is 0 Å². The van der Waals surface area contributed by atoms with E-state index >= 15 is 0 Å². The summed E-state index contributed by atoms with van der Waals surface area (Å²) in [5.41, 5.74) is 0.785. The highest BCUT2D eigenvalue weighted by atomic mass is 32.2. The van der Waals surface area contributed by atoms with E-state index in [4.69, 9.17) is 4.42 Å². The molecule has 2 heterocycles. The number of piperidine rings is 1. The van der Waals surface area contributed by atoms with Gasteiger partial charge in [0.05, 0.1) is 6.04 Å². The van der Waals surface area contributed by atoms with E-state index in [1.807, 2.05) is 37.3 Å². The molecule has 5 nitrogen and oxygen atoms in total. The highest BCUT2D eigenvalue weighted by Gasteiger charge is 2.32. The van der Waals surface area contributed by atoms with Crippen molar-refractivity contribution in [2.24, 2.45) is 0 Å². The number of nitrogens with zero attached hydrogens (tertiary/aromatic N) is 2. The number of hydrogen-bond acceptors (Lipinski definition) is 3. The molecule has 0 aliphatic carbocycles. The average Bonchev–Trinajstić information content (AvgIpc) is 2.98. The first-order chi connectivity index (χ1) is 10.5. The van der Waals surface area contributed by atoms with Crippen molar-refractivity contribution < 1.29 is 12.8 Å². The van der Waals surface area contributed by atoms with Gasteiger partial charge in [0.1, 0.15) is 11.3 Å². The number of rotatable bonds is 4. The summed E-state index contributed by atoms with van der Waals surface area (Å²) in [6.07, 6.45) is 2.98. The minimum Gasteiger partial charge on any atom is -0.459 e. The van der Waals surface area contributed by atoms with Crippen molar-refractivity contribution >= 4 is 21.2 Å². The van der Waals surface area contributed by atoms with E-state index in [1.54, 1.807) is 11.4 Å². The lowest BCUT2D eigenvalue weighted by Crippen LogP contribution is -2.45. The zero-order valence-electron chi connectivity index (χ0n) is 13.0. The van der Waals surface area contributed by atoms with Crippen molar-refractivity contribution in [3.63, 3.8) is 0 Å². The summed E-state index contributed by atoms with van der Waals surface area (Å²) in [6.45, 7) is 3.08. The van der Waals surface area contributed by atoms with Gasteiger partial charge in [0, 0.05) is 25.5 Å². The van der Waals surface area contributed by atoms with Crippen molar-refractivity contribution in [3.8, 4) is 0 Å². The van der Waals surface area contributed by atoms with Crippen LogP contribution in [0.4, 0.5) is 0 Å². The Hall–Kier alpha value is -1.37. The summed E-state index contributed by atoms with van der Waals surface area (Å²) >= 11 is 0. The molecule has 1 fully saturated rings. The fraction of sp³-hybridized carbons (Fsp3) is 0.500. The van der Waals surface area contributed by atoms with Gasteiger partial charge in [-0.25, -0.2) is 0 Å². The molecular weight excluding hydrogens is 300 g/mol. The minimum atomic E-state index is -3.44. The lowest BCUT2D eigenvalue weighted by atomic mass is 10.2. The number of fused-ring (bicyclic) bond motifs is 1. The molecule has 1 atom stereocenters. The van der Waals surface area contributed by atoms with Crippen LogP contribution in [0.15, 0.2) is 34.7 Å². The maximum absolute atomic E-state index is 12.7. The first kappa shape index (κ1) is 15.5. The molecule has 0 spiro atoms. The van der Waals surface area contributed by atoms with Crippen LogP contribution in [0.5, 0.6) is 0 Å². The normalized spacial score (nSPS) is 18.9. The molecule has 0 N–H and O–H groups in total. The summed E-state index contributed by atoms with van der Waals surface area (Å²) in [5.74, 6) is 0.671. The Kier molecular flexibility index (Phi) is 4.25. The molecule has 22 heavy (non-hydrogen) atoms. The minimum absolute atomic E-state index is 0.334. The smallest absolute Gasteiger partial charge is 0.282 e. The summed E-state index contributed by atoms with van der Waals surface area (Å²) in [6, 6.07) is 9.30. The van der Waals surface area contributed by atoms with E-state index in [1.165, 1.54) is 4.31 Å². The Morgan fingerprint density at radius 2 is 1.86 bits per heavy atom. The van der Waals surface area contributed by atoms with Crippen LogP contribution in [0.2, 0.25) is 0 Å². The van der Waals surface area contributed by atoms with Crippen LogP contribution in [0.3, 0.4) is 0 Å². The first-order valence-corrected chi connectivity index (χ1v) is 9.11. The number of furan rings is 1. The second-order valence-corrected chi connectivity index (χ2v) is 7.83. The number of hydrogen-bond donors (Lipinski definition) is 0. The van der Waals surface area contributed by atoms with Crippen molar-refractivity contribution in [3.05, 3.63) is 36.1 Å². The monoisotopic (exact) mass is 322 g/mol. The van der Waals surface area contributed by atoms with Gasteiger partial charge in [-0.3, -0.25) is 0 Å². The Labute approximate surface area is 131 Å². The van der Waals surface area contributed by atoms with Crippen LogP contribution in [0.1, 0.15) is 38.0 Å². The molecule has 2 aromatic rings. The standard InChI is InChI=1S/C16H22N2O3S/c1-13(16-12-14-8-4-5-9-15(14)21-16)17(2)22(19,20)18-10-6-3-7-11-18/h4-5,8-9,12-13H,3,6-7,10-11H2,1-2H3/t13-/m0/s1. The van der Waals surface area contributed by atoms with Gasteiger partial charge in [-0.2, -0.15) is 17.0 Å². The summed E-state index contributed by atoms with van der Waals surface area (Å²) in [5, 5.41) is 0.994. The van der Waals surface area contributed by atoms with Gasteiger partial charge in [0.15, 0.2) is 0 Å². The van der Waals surface area contributed by atoms with Crippen molar-refractivity contribution in [1.82, 2.24) is 8.61 Å². The third-order valence-corrected chi connectivity index (χ3v) is 6.47. The molecule has 1 aromatic heterocycles. The molecule has 1 aromatic carbocycles. The maximum Gasteiger partial charge on any atom is 0.282 e. The lowest BCUT2D eigenvalue weighted by Gasteiger charge is -2.32. The molecule has 1 aliphatic rings. The Bertz CT molecular complexity index is 715. The molecule has 1 aliphatic heterocycles. The van der Waals surface area contributed by atoms with Gasteiger partial charge in [0.2, 0.25) is 0 Å². The van der Waals surface area contributed by atoms with Crippen molar-refractivity contribution in [2.75, 3.05) is 20.1 Å². The van der Waals surface area contributed by atoms with Gasteiger partial charge >= 0.3 is 0 Å². The van der Waals surface area contributed by atoms with Crippen LogP contribution in [0, 0.1) is 0 Å². The predicted molar refractivity (Wildman–Crippen MR) is 86.7 cm³/mol. The second-order valence-electron chi connectivity index (χ2n) is 5.85. The largest absolute Gasteiger partial charge is 0.459 e. The first-order valence-electron chi connectivity index (χ1n) is 7.72. The summed E-state index contributed by atoms with van der Waals surface area (Å²) < 4.78 is 34.3. The second kappa shape index (κ2) is 6.02. The van der Waals surface area contributed by atoms with Crippen LogP contribution < -0.4 is 0 Å². The van der Waals surface area contributed by atoms with Crippen LogP contribution in [0.25, 0.3) is 11.0 Å². The fourth-order valence-electron chi connectivity index (χ4n) is 2.87. The molecule has 120 valence electrons. The molecule has 0 amide bonds. The highest BCUT2D eigenvalue weighted by molar-refractivity contribution is 7.86. The quantitative estimate of drug-likeness (QED) is 0.869. The fourth-order valence-corrected chi connectivity index (χ4v) is 4.45. The van der Waals surface area contributed by atoms with Crippen molar-refractivity contribution in [2.45, 2.75) is 32.2 Å². The third-order valence-electron chi connectivity index (χ3n) is 4.41. The molecule has 0 bridgehead atoms. The maximum atomic E-state index is 12.7. The summed E-state index contributed by atoms with van der Waals surface area (Å²) in [4.78, 5) is 0. The van der Waals surface area contributed by atoms with Crippen LogP contribution in [-0.4, -0.2) is 37.2 Å². The average molecular weight is 322 g/mol. The van der Waals surface area contributed by atoms with E-state index in [-0.39, 0.29) is 6.04 Å². The molecule has 0 unspecified atom stereocenters. The van der Waals surface area contributed by atoms with Gasteiger partial charge in [-0.1, -0.05) is 24.6 Å². The van der Waals surface area contributed by atoms with Gasteiger partial charge in [-0.05, 0) is 31.9 Å². The van der Waals surface area contributed by atoms with Crippen LogP contribution in [-0.2, 0) is 10.2 Å².